The molecule has 0 aliphatic heterocycles. The molecule has 2 rings (SSSR count). The van der Waals surface area contributed by atoms with Crippen LogP contribution in [0.4, 0.5) is 5.69 Å². The van der Waals surface area contributed by atoms with Gasteiger partial charge in [-0.2, -0.15) is 0 Å². The maximum Gasteiger partial charge on any atom is 0.235 e. The van der Waals surface area contributed by atoms with E-state index in [1.807, 2.05) is 6.92 Å². The lowest BCUT2D eigenvalue weighted by molar-refractivity contribution is -0.118. The Hall–Kier alpha value is -2.09. The van der Waals surface area contributed by atoms with Gasteiger partial charge >= 0.3 is 0 Å². The smallest absolute Gasteiger partial charge is 0.235 e. The second-order valence-corrected chi connectivity index (χ2v) is 6.69. The fourth-order valence-electron chi connectivity index (χ4n) is 1.85. The van der Waals surface area contributed by atoms with E-state index in [2.05, 4.69) is 15.3 Å². The van der Waals surface area contributed by atoms with Gasteiger partial charge in [0.25, 0.3) is 0 Å². The second-order valence-electron chi connectivity index (χ2n) is 4.78. The van der Waals surface area contributed by atoms with Crippen molar-refractivity contribution in [3.05, 3.63) is 18.2 Å². The largest absolute Gasteiger partial charge is 0.399 e. The first kappa shape index (κ1) is 15.3. The average molecular weight is 310 g/mol. The van der Waals surface area contributed by atoms with Crippen LogP contribution in [0.1, 0.15) is 19.8 Å². The number of unbranched alkanes of at least 4 members (excludes halogenated alkanes) is 1. The normalized spacial score (nSPS) is 11.7. The van der Waals surface area contributed by atoms with Gasteiger partial charge in [-0.1, -0.05) is 13.3 Å². The number of nitrogen functional groups attached to an aromatic ring is 1. The third-order valence-electron chi connectivity index (χ3n) is 2.95. The Morgan fingerprint density at radius 3 is 2.90 bits per heavy atom. The number of aromatic amines is 1. The van der Waals surface area contributed by atoms with Gasteiger partial charge in [-0.3, -0.25) is 4.79 Å². The topological polar surface area (TPSA) is 118 Å². The van der Waals surface area contributed by atoms with Gasteiger partial charge in [0.05, 0.1) is 11.0 Å². The second kappa shape index (κ2) is 6.13. The number of aromatic nitrogens is 2. The number of H-pyrrole nitrogens is 1. The molecule has 0 saturated heterocycles. The molecule has 0 unspecified atom stereocenters. The fourth-order valence-corrected chi connectivity index (χ4v) is 2.93. The Labute approximate surface area is 122 Å². The Morgan fingerprint density at radius 2 is 2.19 bits per heavy atom. The van der Waals surface area contributed by atoms with Crippen molar-refractivity contribution < 1.29 is 13.2 Å². The Morgan fingerprint density at radius 1 is 1.43 bits per heavy atom. The number of hydrogen-bond acceptors (Lipinski definition) is 5. The molecule has 0 aliphatic carbocycles. The van der Waals surface area contributed by atoms with Gasteiger partial charge < -0.3 is 16.0 Å². The van der Waals surface area contributed by atoms with Crippen LogP contribution in [0.3, 0.4) is 0 Å². The molecule has 1 aromatic carbocycles. The Bertz CT molecular complexity index is 752. The molecule has 1 amide bonds. The van der Waals surface area contributed by atoms with Crippen molar-refractivity contribution in [2.24, 2.45) is 0 Å². The number of nitrogens with two attached hydrogens (primary N) is 1. The molecule has 0 radical (unpaired) electrons. The van der Waals surface area contributed by atoms with E-state index in [-0.39, 0.29) is 5.16 Å². The van der Waals surface area contributed by atoms with E-state index in [0.29, 0.717) is 23.3 Å². The van der Waals surface area contributed by atoms with E-state index in [0.717, 1.165) is 12.8 Å². The van der Waals surface area contributed by atoms with Crippen LogP contribution in [0.15, 0.2) is 23.4 Å². The molecule has 0 spiro atoms. The minimum Gasteiger partial charge on any atom is -0.399 e. The highest BCUT2D eigenvalue weighted by atomic mass is 32.2. The number of nitrogens with one attached hydrogen (secondary N) is 2. The number of hydrogen-bond donors (Lipinski definition) is 3. The van der Waals surface area contributed by atoms with Crippen molar-refractivity contribution >= 4 is 32.5 Å². The zero-order chi connectivity index (χ0) is 15.5. The average Bonchev–Trinajstić information content (AvgIpc) is 2.82. The summed E-state index contributed by atoms with van der Waals surface area (Å²) >= 11 is 0. The van der Waals surface area contributed by atoms with Gasteiger partial charge in [0.2, 0.25) is 20.9 Å². The summed E-state index contributed by atoms with van der Waals surface area (Å²) in [4.78, 5) is 18.3. The molecule has 0 fully saturated rings. The molecular weight excluding hydrogens is 292 g/mol. The number of fused-ring (bicyclic) bond motifs is 1. The number of carbonyl (C=O) groups excluding carboxylic acids is 1. The standard InChI is InChI=1S/C13H18N4O3S/c1-2-3-6-15-12(18)8-21(19,20)13-16-10-5-4-9(14)7-11(10)17-13/h4-5,7H,2-3,6,8,14H2,1H3,(H,15,18)(H,16,17). The molecule has 0 atom stereocenters. The number of amides is 1. The van der Waals surface area contributed by atoms with Crippen molar-refractivity contribution in [3.63, 3.8) is 0 Å². The number of benzene rings is 1. The first-order valence-corrected chi connectivity index (χ1v) is 8.32. The van der Waals surface area contributed by atoms with Crippen LogP contribution < -0.4 is 11.1 Å². The molecule has 2 aromatic rings. The quantitative estimate of drug-likeness (QED) is 0.539. The van der Waals surface area contributed by atoms with Gasteiger partial charge in [-0.15, -0.1) is 0 Å². The monoisotopic (exact) mass is 310 g/mol. The summed E-state index contributed by atoms with van der Waals surface area (Å²) in [5, 5.41) is 2.36. The SMILES string of the molecule is CCCCNC(=O)CS(=O)(=O)c1nc2ccc(N)cc2[nH]1. The molecule has 0 bridgehead atoms. The summed E-state index contributed by atoms with van der Waals surface area (Å²) in [7, 11) is -3.79. The molecule has 7 nitrogen and oxygen atoms in total. The molecule has 0 aliphatic rings. The van der Waals surface area contributed by atoms with Gasteiger partial charge in [0, 0.05) is 12.2 Å². The zero-order valence-electron chi connectivity index (χ0n) is 11.7. The van der Waals surface area contributed by atoms with Crippen molar-refractivity contribution in [3.8, 4) is 0 Å². The highest BCUT2D eigenvalue weighted by Gasteiger charge is 2.23. The Kier molecular flexibility index (Phi) is 4.46. The molecule has 8 heteroatoms. The van der Waals surface area contributed by atoms with Crippen LogP contribution >= 0.6 is 0 Å². The van der Waals surface area contributed by atoms with Crippen LogP contribution in [0, 0.1) is 0 Å². The van der Waals surface area contributed by atoms with Gasteiger partial charge in [-0.25, -0.2) is 13.4 Å². The van der Waals surface area contributed by atoms with Crippen LogP contribution in [0.25, 0.3) is 11.0 Å². The predicted molar refractivity (Wildman–Crippen MR) is 80.5 cm³/mol. The number of nitrogens with zero attached hydrogens (tertiary/aromatic N) is 1. The highest BCUT2D eigenvalue weighted by molar-refractivity contribution is 7.91. The Balaban J connectivity index is 2.15. The summed E-state index contributed by atoms with van der Waals surface area (Å²) < 4.78 is 24.3. The first-order chi connectivity index (χ1) is 9.92. The lowest BCUT2D eigenvalue weighted by atomic mass is 10.3. The minimum atomic E-state index is -3.79. The fraction of sp³-hybridized carbons (Fsp3) is 0.385. The van der Waals surface area contributed by atoms with E-state index in [1.165, 1.54) is 0 Å². The third-order valence-corrected chi connectivity index (χ3v) is 4.38. The lowest BCUT2D eigenvalue weighted by Crippen LogP contribution is -2.31. The summed E-state index contributed by atoms with van der Waals surface area (Å²) in [6.45, 7) is 2.46. The van der Waals surface area contributed by atoms with Crippen LogP contribution in [-0.4, -0.2) is 36.6 Å². The maximum absolute atomic E-state index is 12.1. The number of sulfone groups is 1. The van der Waals surface area contributed by atoms with E-state index >= 15 is 0 Å². The molecule has 114 valence electrons. The van der Waals surface area contributed by atoms with Crippen molar-refractivity contribution in [2.45, 2.75) is 24.9 Å². The predicted octanol–water partition coefficient (Wildman–Crippen LogP) is 0.835. The molecule has 0 saturated carbocycles. The van der Waals surface area contributed by atoms with Gasteiger partial charge in [0.1, 0.15) is 5.75 Å². The molecule has 4 N–H and O–H groups in total. The molecular formula is C13H18N4O3S. The van der Waals surface area contributed by atoms with Gasteiger partial charge in [0.15, 0.2) is 0 Å². The number of carbonyl (C=O) groups is 1. The van der Waals surface area contributed by atoms with E-state index in [1.54, 1.807) is 18.2 Å². The van der Waals surface area contributed by atoms with Crippen LogP contribution in [0.2, 0.25) is 0 Å². The van der Waals surface area contributed by atoms with E-state index < -0.39 is 21.5 Å². The molecule has 1 aromatic heterocycles. The van der Waals surface area contributed by atoms with Crippen molar-refractivity contribution in [2.75, 3.05) is 18.0 Å². The summed E-state index contributed by atoms with van der Waals surface area (Å²) in [6, 6.07) is 4.86. The van der Waals surface area contributed by atoms with Crippen molar-refractivity contribution in [1.82, 2.24) is 15.3 Å². The first-order valence-electron chi connectivity index (χ1n) is 6.67. The van der Waals surface area contributed by atoms with Gasteiger partial charge in [-0.05, 0) is 24.6 Å². The minimum absolute atomic E-state index is 0.214. The van der Waals surface area contributed by atoms with E-state index in [9.17, 15) is 13.2 Å². The number of rotatable bonds is 6. The summed E-state index contributed by atoms with van der Waals surface area (Å²) in [5.74, 6) is -1.14. The summed E-state index contributed by atoms with van der Waals surface area (Å²) in [5.41, 5.74) is 7.16. The maximum atomic E-state index is 12.1. The van der Waals surface area contributed by atoms with Crippen LogP contribution in [0.5, 0.6) is 0 Å². The number of anilines is 1. The molecule has 1 heterocycles. The van der Waals surface area contributed by atoms with Crippen molar-refractivity contribution in [1.29, 1.82) is 0 Å². The summed E-state index contributed by atoms with van der Waals surface area (Å²) in [6.07, 6.45) is 1.74. The van der Waals surface area contributed by atoms with Crippen LogP contribution in [-0.2, 0) is 14.6 Å². The zero-order valence-corrected chi connectivity index (χ0v) is 12.5. The highest BCUT2D eigenvalue weighted by Crippen LogP contribution is 2.17. The molecule has 21 heavy (non-hydrogen) atoms. The van der Waals surface area contributed by atoms with E-state index in [4.69, 9.17) is 5.73 Å². The number of imidazole rings is 1. The lowest BCUT2D eigenvalue weighted by Gasteiger charge is -2.03. The third kappa shape index (κ3) is 3.72.